The minimum absolute atomic E-state index is 0.103. The van der Waals surface area contributed by atoms with E-state index in [-0.39, 0.29) is 4.90 Å². The van der Waals surface area contributed by atoms with Gasteiger partial charge in [-0.25, -0.2) is 13.1 Å². The van der Waals surface area contributed by atoms with E-state index in [1.165, 1.54) is 12.1 Å². The second-order valence-electron chi connectivity index (χ2n) is 5.55. The van der Waals surface area contributed by atoms with Crippen molar-refractivity contribution in [3.05, 3.63) is 66.2 Å². The van der Waals surface area contributed by atoms with Gasteiger partial charge in [-0.2, -0.15) is 0 Å². The number of carbonyl (C=O) groups is 1. The molecule has 1 fully saturated rings. The summed E-state index contributed by atoms with van der Waals surface area (Å²) in [7, 11) is -3.83. The molecule has 0 saturated heterocycles. The van der Waals surface area contributed by atoms with Crippen LogP contribution in [-0.2, 0) is 20.2 Å². The predicted molar refractivity (Wildman–Crippen MR) is 83.7 cm³/mol. The maximum absolute atomic E-state index is 12.6. The average Bonchev–Trinajstić information content (AvgIpc) is 2.48. The molecule has 0 unspecified atom stereocenters. The molecule has 1 N–H and O–H groups in total. The molecule has 1 amide bonds. The summed E-state index contributed by atoms with van der Waals surface area (Å²) in [4.78, 5) is 12.7. The Bertz CT molecular complexity index is 766. The van der Waals surface area contributed by atoms with Crippen molar-refractivity contribution in [2.24, 2.45) is 0 Å². The van der Waals surface area contributed by atoms with Crippen molar-refractivity contribution in [2.45, 2.75) is 29.6 Å². The Morgan fingerprint density at radius 2 is 1.45 bits per heavy atom. The van der Waals surface area contributed by atoms with Gasteiger partial charge in [-0.15, -0.1) is 0 Å². The SMILES string of the molecule is O=C(NS(=O)(=O)c1ccccc1)C1(c2ccccc2)CCC1. The molecular weight excluding hydrogens is 298 g/mol. The molecule has 0 radical (unpaired) electrons. The topological polar surface area (TPSA) is 63.2 Å². The first-order valence-electron chi connectivity index (χ1n) is 7.22. The molecule has 1 aliphatic carbocycles. The molecule has 1 aliphatic rings. The lowest BCUT2D eigenvalue weighted by atomic mass is 9.64. The molecule has 0 spiro atoms. The number of benzene rings is 2. The molecule has 114 valence electrons. The van der Waals surface area contributed by atoms with Crippen molar-refractivity contribution in [1.82, 2.24) is 4.72 Å². The van der Waals surface area contributed by atoms with Crippen LogP contribution in [0.1, 0.15) is 24.8 Å². The van der Waals surface area contributed by atoms with Crippen molar-refractivity contribution in [2.75, 3.05) is 0 Å². The predicted octanol–water partition coefficient (Wildman–Crippen LogP) is 2.61. The van der Waals surface area contributed by atoms with E-state index in [9.17, 15) is 13.2 Å². The van der Waals surface area contributed by atoms with E-state index in [4.69, 9.17) is 0 Å². The van der Waals surface area contributed by atoms with E-state index in [1.807, 2.05) is 30.3 Å². The lowest BCUT2D eigenvalue weighted by Crippen LogP contribution is -2.50. The molecule has 0 atom stereocenters. The minimum Gasteiger partial charge on any atom is -0.273 e. The molecule has 4 nitrogen and oxygen atoms in total. The van der Waals surface area contributed by atoms with E-state index in [2.05, 4.69) is 4.72 Å². The maximum atomic E-state index is 12.6. The zero-order valence-electron chi connectivity index (χ0n) is 12.0. The Balaban J connectivity index is 1.88. The van der Waals surface area contributed by atoms with E-state index >= 15 is 0 Å². The zero-order chi connectivity index (χ0) is 15.6. The van der Waals surface area contributed by atoms with Gasteiger partial charge in [0, 0.05) is 0 Å². The summed E-state index contributed by atoms with van der Waals surface area (Å²) in [5, 5.41) is 0. The molecule has 2 aromatic rings. The Labute approximate surface area is 130 Å². The molecule has 2 aromatic carbocycles. The smallest absolute Gasteiger partial charge is 0.264 e. The number of nitrogens with one attached hydrogen (secondary N) is 1. The van der Waals surface area contributed by atoms with Gasteiger partial charge < -0.3 is 0 Å². The van der Waals surface area contributed by atoms with Crippen LogP contribution in [0.3, 0.4) is 0 Å². The largest absolute Gasteiger partial charge is 0.273 e. The van der Waals surface area contributed by atoms with Crippen molar-refractivity contribution in [3.8, 4) is 0 Å². The van der Waals surface area contributed by atoms with E-state index in [0.717, 1.165) is 12.0 Å². The Hall–Kier alpha value is -2.14. The maximum Gasteiger partial charge on any atom is 0.264 e. The van der Waals surface area contributed by atoms with Crippen LogP contribution in [0.15, 0.2) is 65.6 Å². The highest BCUT2D eigenvalue weighted by Crippen LogP contribution is 2.44. The van der Waals surface area contributed by atoms with Crippen molar-refractivity contribution < 1.29 is 13.2 Å². The average molecular weight is 315 g/mol. The number of sulfonamides is 1. The fourth-order valence-corrected chi connectivity index (χ4v) is 3.89. The van der Waals surface area contributed by atoms with Crippen molar-refractivity contribution >= 4 is 15.9 Å². The van der Waals surface area contributed by atoms with Crippen LogP contribution < -0.4 is 4.72 Å². The summed E-state index contributed by atoms with van der Waals surface area (Å²) in [5.41, 5.74) is 0.158. The van der Waals surface area contributed by atoms with E-state index in [0.29, 0.717) is 12.8 Å². The molecule has 3 rings (SSSR count). The molecule has 0 bridgehead atoms. The summed E-state index contributed by atoms with van der Waals surface area (Å²) in [6.07, 6.45) is 2.27. The van der Waals surface area contributed by atoms with Gasteiger partial charge in [-0.05, 0) is 30.5 Å². The first-order chi connectivity index (χ1) is 10.5. The summed E-state index contributed by atoms with van der Waals surface area (Å²) in [6, 6.07) is 17.3. The van der Waals surface area contributed by atoms with Crippen LogP contribution in [0.2, 0.25) is 0 Å². The van der Waals surface area contributed by atoms with Crippen LogP contribution in [0.25, 0.3) is 0 Å². The highest BCUT2D eigenvalue weighted by atomic mass is 32.2. The fraction of sp³-hybridized carbons (Fsp3) is 0.235. The third-order valence-corrected chi connectivity index (χ3v) is 5.60. The molecule has 5 heteroatoms. The minimum atomic E-state index is -3.83. The van der Waals surface area contributed by atoms with Gasteiger partial charge in [0.2, 0.25) is 5.91 Å². The standard InChI is InChI=1S/C17H17NO3S/c19-16(18-22(20,21)15-10-5-2-6-11-15)17(12-7-13-17)14-8-3-1-4-9-14/h1-6,8-11H,7,12-13H2,(H,18,19). The van der Waals surface area contributed by atoms with Gasteiger partial charge in [0.05, 0.1) is 10.3 Å². The lowest BCUT2D eigenvalue weighted by molar-refractivity contribution is -0.128. The Morgan fingerprint density at radius 1 is 0.909 bits per heavy atom. The van der Waals surface area contributed by atoms with Crippen molar-refractivity contribution in [1.29, 1.82) is 0 Å². The van der Waals surface area contributed by atoms with Crippen LogP contribution in [-0.4, -0.2) is 14.3 Å². The van der Waals surface area contributed by atoms with Gasteiger partial charge >= 0.3 is 0 Å². The molecule has 22 heavy (non-hydrogen) atoms. The number of carbonyl (C=O) groups excluding carboxylic acids is 1. The van der Waals surface area contributed by atoms with Crippen molar-refractivity contribution in [3.63, 3.8) is 0 Å². The molecule has 0 aromatic heterocycles. The van der Waals surface area contributed by atoms with Gasteiger partial charge in [0.25, 0.3) is 10.0 Å². The molecule has 0 aliphatic heterocycles. The zero-order valence-corrected chi connectivity index (χ0v) is 12.8. The van der Waals surface area contributed by atoms with E-state index in [1.54, 1.807) is 18.2 Å². The van der Waals surface area contributed by atoms with Crippen LogP contribution in [0, 0.1) is 0 Å². The molecule has 0 heterocycles. The van der Waals surface area contributed by atoms with Gasteiger partial charge in [-0.3, -0.25) is 4.79 Å². The number of amides is 1. The summed E-state index contributed by atoms with van der Waals surface area (Å²) < 4.78 is 26.9. The monoisotopic (exact) mass is 315 g/mol. The van der Waals surface area contributed by atoms with Crippen LogP contribution >= 0.6 is 0 Å². The van der Waals surface area contributed by atoms with E-state index < -0.39 is 21.3 Å². The van der Waals surface area contributed by atoms with Gasteiger partial charge in [-0.1, -0.05) is 55.0 Å². The Morgan fingerprint density at radius 3 is 1.95 bits per heavy atom. The normalized spacial score (nSPS) is 16.5. The summed E-state index contributed by atoms with van der Waals surface area (Å²) in [5.74, 6) is -0.436. The molecular formula is C17H17NO3S. The van der Waals surface area contributed by atoms with Gasteiger partial charge in [0.15, 0.2) is 0 Å². The third kappa shape index (κ3) is 2.52. The quantitative estimate of drug-likeness (QED) is 0.943. The summed E-state index contributed by atoms with van der Waals surface area (Å²) >= 11 is 0. The lowest BCUT2D eigenvalue weighted by Gasteiger charge is -2.40. The second kappa shape index (κ2) is 5.57. The van der Waals surface area contributed by atoms with Crippen LogP contribution in [0.4, 0.5) is 0 Å². The fourth-order valence-electron chi connectivity index (χ4n) is 2.81. The third-order valence-electron chi connectivity index (χ3n) is 4.25. The number of rotatable bonds is 4. The first kappa shape index (κ1) is 14.8. The van der Waals surface area contributed by atoms with Gasteiger partial charge in [0.1, 0.15) is 0 Å². The van der Waals surface area contributed by atoms with Crippen LogP contribution in [0.5, 0.6) is 0 Å². The second-order valence-corrected chi connectivity index (χ2v) is 7.23. The number of hydrogen-bond donors (Lipinski definition) is 1. The highest BCUT2D eigenvalue weighted by Gasteiger charge is 2.46. The molecule has 1 saturated carbocycles. The first-order valence-corrected chi connectivity index (χ1v) is 8.71. The highest BCUT2D eigenvalue weighted by molar-refractivity contribution is 7.90. The Kier molecular flexibility index (Phi) is 3.74. The summed E-state index contributed by atoms with van der Waals surface area (Å²) in [6.45, 7) is 0. The number of hydrogen-bond acceptors (Lipinski definition) is 3.